The molecule has 0 amide bonds. The maximum atomic E-state index is 11.3. The molecular formula is C16H17N3O2. The second kappa shape index (κ2) is 6.01. The molecule has 0 aliphatic carbocycles. The van der Waals surface area contributed by atoms with Crippen LogP contribution in [0.25, 0.3) is 0 Å². The molecule has 1 aromatic carbocycles. The number of carboxylic acid groups (broad SMARTS) is 1. The van der Waals surface area contributed by atoms with Gasteiger partial charge in [-0.15, -0.1) is 0 Å². The van der Waals surface area contributed by atoms with E-state index < -0.39 is 5.97 Å². The lowest BCUT2D eigenvalue weighted by Gasteiger charge is -2.24. The SMILES string of the molecule is O=C(O)c1ccccc1CN1CCC[C@H]1c1ccncn1. The molecule has 0 spiro atoms. The standard InChI is InChI=1S/C16H17N3O2/c20-16(21)13-5-2-1-4-12(13)10-19-9-3-6-15(19)14-7-8-17-11-18-14/h1-2,4-5,7-8,11,15H,3,6,9-10H2,(H,20,21)/t15-/m0/s1. The van der Waals surface area contributed by atoms with E-state index in [1.165, 1.54) is 0 Å². The number of carboxylic acids is 1. The highest BCUT2D eigenvalue weighted by atomic mass is 16.4. The highest BCUT2D eigenvalue weighted by Crippen LogP contribution is 2.32. The summed E-state index contributed by atoms with van der Waals surface area (Å²) in [5, 5.41) is 9.28. The Labute approximate surface area is 123 Å². The van der Waals surface area contributed by atoms with Gasteiger partial charge in [0.2, 0.25) is 0 Å². The van der Waals surface area contributed by atoms with Crippen molar-refractivity contribution in [1.29, 1.82) is 0 Å². The minimum Gasteiger partial charge on any atom is -0.478 e. The number of likely N-dealkylation sites (tertiary alicyclic amines) is 1. The van der Waals surface area contributed by atoms with Gasteiger partial charge in [-0.2, -0.15) is 0 Å². The number of nitrogens with zero attached hydrogens (tertiary/aromatic N) is 3. The fourth-order valence-electron chi connectivity index (χ4n) is 2.93. The van der Waals surface area contributed by atoms with Gasteiger partial charge in [0, 0.05) is 12.7 Å². The summed E-state index contributed by atoms with van der Waals surface area (Å²) in [5.41, 5.74) is 2.24. The van der Waals surface area contributed by atoms with Gasteiger partial charge >= 0.3 is 5.97 Å². The first-order valence-electron chi connectivity index (χ1n) is 7.07. The van der Waals surface area contributed by atoms with Gasteiger partial charge in [-0.3, -0.25) is 4.90 Å². The Morgan fingerprint density at radius 1 is 1.33 bits per heavy atom. The van der Waals surface area contributed by atoms with Gasteiger partial charge in [0.15, 0.2) is 0 Å². The monoisotopic (exact) mass is 283 g/mol. The first-order valence-corrected chi connectivity index (χ1v) is 7.07. The van der Waals surface area contributed by atoms with Gasteiger partial charge in [-0.1, -0.05) is 18.2 Å². The smallest absolute Gasteiger partial charge is 0.336 e. The van der Waals surface area contributed by atoms with Crippen molar-refractivity contribution in [2.45, 2.75) is 25.4 Å². The van der Waals surface area contributed by atoms with Crippen molar-refractivity contribution in [2.24, 2.45) is 0 Å². The van der Waals surface area contributed by atoms with E-state index in [9.17, 15) is 9.90 Å². The predicted octanol–water partition coefficient (Wildman–Crippen LogP) is 2.51. The average Bonchev–Trinajstić information content (AvgIpc) is 2.96. The molecule has 1 N–H and O–H groups in total. The van der Waals surface area contributed by atoms with Crippen LogP contribution >= 0.6 is 0 Å². The van der Waals surface area contributed by atoms with Crippen LogP contribution in [0, 0.1) is 0 Å². The summed E-state index contributed by atoms with van der Waals surface area (Å²) >= 11 is 0. The summed E-state index contributed by atoms with van der Waals surface area (Å²) in [5.74, 6) is -0.872. The lowest BCUT2D eigenvalue weighted by atomic mass is 10.1. The number of rotatable bonds is 4. The Bertz CT molecular complexity index is 630. The maximum Gasteiger partial charge on any atom is 0.336 e. The third kappa shape index (κ3) is 2.92. The number of hydrogen-bond acceptors (Lipinski definition) is 4. The minimum atomic E-state index is -0.872. The van der Waals surface area contributed by atoms with E-state index in [1.54, 1.807) is 24.7 Å². The highest BCUT2D eigenvalue weighted by Gasteiger charge is 2.27. The number of carbonyl (C=O) groups is 1. The van der Waals surface area contributed by atoms with E-state index >= 15 is 0 Å². The second-order valence-corrected chi connectivity index (χ2v) is 5.23. The Kier molecular flexibility index (Phi) is 3.92. The summed E-state index contributed by atoms with van der Waals surface area (Å²) in [6.07, 6.45) is 5.47. The third-order valence-electron chi connectivity index (χ3n) is 3.93. The lowest BCUT2D eigenvalue weighted by molar-refractivity contribution is 0.0694. The quantitative estimate of drug-likeness (QED) is 0.934. The highest BCUT2D eigenvalue weighted by molar-refractivity contribution is 5.89. The van der Waals surface area contributed by atoms with Gasteiger partial charge in [-0.25, -0.2) is 14.8 Å². The molecule has 1 aliphatic rings. The van der Waals surface area contributed by atoms with Gasteiger partial charge in [0.25, 0.3) is 0 Å². The van der Waals surface area contributed by atoms with E-state index in [2.05, 4.69) is 14.9 Å². The number of hydrogen-bond donors (Lipinski definition) is 1. The molecule has 0 radical (unpaired) electrons. The molecule has 1 fully saturated rings. The van der Waals surface area contributed by atoms with E-state index in [-0.39, 0.29) is 6.04 Å². The third-order valence-corrected chi connectivity index (χ3v) is 3.93. The summed E-state index contributed by atoms with van der Waals surface area (Å²) in [6.45, 7) is 1.60. The Morgan fingerprint density at radius 3 is 2.95 bits per heavy atom. The van der Waals surface area contributed by atoms with Gasteiger partial charge < -0.3 is 5.11 Å². The zero-order chi connectivity index (χ0) is 14.7. The van der Waals surface area contributed by atoms with Crippen LogP contribution in [-0.4, -0.2) is 32.5 Å². The van der Waals surface area contributed by atoms with Crippen molar-refractivity contribution in [3.63, 3.8) is 0 Å². The predicted molar refractivity (Wildman–Crippen MR) is 77.8 cm³/mol. The zero-order valence-corrected chi connectivity index (χ0v) is 11.6. The van der Waals surface area contributed by atoms with Crippen molar-refractivity contribution < 1.29 is 9.90 Å². The topological polar surface area (TPSA) is 66.3 Å². The fourth-order valence-corrected chi connectivity index (χ4v) is 2.93. The van der Waals surface area contributed by atoms with E-state index in [0.29, 0.717) is 12.1 Å². The number of aromatic nitrogens is 2. The molecule has 0 bridgehead atoms. The van der Waals surface area contributed by atoms with Crippen LogP contribution in [0.2, 0.25) is 0 Å². The molecule has 5 nitrogen and oxygen atoms in total. The summed E-state index contributed by atoms with van der Waals surface area (Å²) in [7, 11) is 0. The molecule has 108 valence electrons. The minimum absolute atomic E-state index is 0.245. The first kappa shape index (κ1) is 13.7. The molecule has 21 heavy (non-hydrogen) atoms. The molecule has 2 aromatic rings. The van der Waals surface area contributed by atoms with Crippen LogP contribution in [0.5, 0.6) is 0 Å². The lowest BCUT2D eigenvalue weighted by Crippen LogP contribution is -2.24. The first-order chi connectivity index (χ1) is 10.3. The summed E-state index contributed by atoms with van der Waals surface area (Å²) < 4.78 is 0. The molecule has 3 rings (SSSR count). The molecule has 2 heterocycles. The zero-order valence-electron chi connectivity index (χ0n) is 11.6. The molecule has 1 aliphatic heterocycles. The average molecular weight is 283 g/mol. The molecule has 1 atom stereocenters. The maximum absolute atomic E-state index is 11.3. The fraction of sp³-hybridized carbons (Fsp3) is 0.312. The second-order valence-electron chi connectivity index (χ2n) is 5.23. The molecule has 0 saturated carbocycles. The molecule has 1 saturated heterocycles. The molecular weight excluding hydrogens is 266 g/mol. The van der Waals surface area contributed by atoms with Gasteiger partial charge in [0.1, 0.15) is 6.33 Å². The van der Waals surface area contributed by atoms with Crippen LogP contribution in [-0.2, 0) is 6.54 Å². The van der Waals surface area contributed by atoms with Gasteiger partial charge in [-0.05, 0) is 37.1 Å². The van der Waals surface area contributed by atoms with Crippen LogP contribution < -0.4 is 0 Å². The van der Waals surface area contributed by atoms with Crippen molar-refractivity contribution in [1.82, 2.24) is 14.9 Å². The largest absolute Gasteiger partial charge is 0.478 e. The van der Waals surface area contributed by atoms with Crippen molar-refractivity contribution >= 4 is 5.97 Å². The van der Waals surface area contributed by atoms with Crippen molar-refractivity contribution in [2.75, 3.05) is 6.54 Å². The molecule has 5 heteroatoms. The summed E-state index contributed by atoms with van der Waals surface area (Å²) in [4.78, 5) is 21.9. The van der Waals surface area contributed by atoms with Crippen LogP contribution in [0.3, 0.4) is 0 Å². The van der Waals surface area contributed by atoms with Crippen molar-refractivity contribution in [3.8, 4) is 0 Å². The molecule has 0 unspecified atom stereocenters. The van der Waals surface area contributed by atoms with E-state index in [4.69, 9.17) is 0 Å². The van der Waals surface area contributed by atoms with Crippen LogP contribution in [0.1, 0.15) is 40.5 Å². The Morgan fingerprint density at radius 2 is 2.19 bits per heavy atom. The number of benzene rings is 1. The normalized spacial score (nSPS) is 18.8. The van der Waals surface area contributed by atoms with E-state index in [0.717, 1.165) is 30.6 Å². The molecule has 1 aromatic heterocycles. The van der Waals surface area contributed by atoms with Gasteiger partial charge in [0.05, 0.1) is 17.3 Å². The summed E-state index contributed by atoms with van der Waals surface area (Å²) in [6, 6.07) is 9.38. The Balaban J connectivity index is 1.83. The number of aromatic carboxylic acids is 1. The van der Waals surface area contributed by atoms with Crippen molar-refractivity contribution in [3.05, 3.63) is 59.7 Å². The van der Waals surface area contributed by atoms with Crippen LogP contribution in [0.15, 0.2) is 42.9 Å². The van der Waals surface area contributed by atoms with Crippen LogP contribution in [0.4, 0.5) is 0 Å². The Hall–Kier alpha value is -2.27. The van der Waals surface area contributed by atoms with E-state index in [1.807, 2.05) is 18.2 Å².